The number of hydrogen-bond donors (Lipinski definition) is 1. The summed E-state index contributed by atoms with van der Waals surface area (Å²) in [7, 11) is 4.50. The molecular weight excluding hydrogens is 312 g/mol. The van der Waals surface area contributed by atoms with Crippen molar-refractivity contribution in [1.82, 2.24) is 0 Å². The quantitative estimate of drug-likeness (QED) is 0.928. The average Bonchev–Trinajstić information content (AvgIpc) is 2.60. The minimum atomic E-state index is -0.476. The van der Waals surface area contributed by atoms with Crippen molar-refractivity contribution in [2.45, 2.75) is 12.5 Å². The van der Waals surface area contributed by atoms with Gasteiger partial charge in [0, 0.05) is 12.1 Å². The van der Waals surface area contributed by atoms with Crippen LogP contribution < -0.4 is 18.9 Å². The molecule has 6 nitrogen and oxygen atoms in total. The summed E-state index contributed by atoms with van der Waals surface area (Å²) >= 11 is 0. The van der Waals surface area contributed by atoms with Gasteiger partial charge in [-0.2, -0.15) is 0 Å². The molecule has 126 valence electrons. The van der Waals surface area contributed by atoms with E-state index in [1.165, 1.54) is 27.4 Å². The molecule has 2 aromatic carbocycles. The molecular formula is C18H18O6. The number of carbonyl (C=O) groups is 1. The van der Waals surface area contributed by atoms with E-state index in [1.807, 2.05) is 0 Å². The fourth-order valence-corrected chi connectivity index (χ4v) is 2.76. The third-order valence-corrected chi connectivity index (χ3v) is 3.99. The lowest BCUT2D eigenvalue weighted by molar-refractivity contribution is 0.0844. The normalized spacial score (nSPS) is 16.1. The Morgan fingerprint density at radius 1 is 1.04 bits per heavy atom. The third kappa shape index (κ3) is 2.71. The molecule has 0 aromatic heterocycles. The number of phenols is 1. The number of benzene rings is 2. The second-order valence-electron chi connectivity index (χ2n) is 5.37. The molecule has 1 atom stereocenters. The number of Topliss-reactive ketones (excluding diaryl/α,β-unsaturated/α-hetero) is 1. The minimum Gasteiger partial charge on any atom is -0.504 e. The highest BCUT2D eigenvalue weighted by molar-refractivity contribution is 6.02. The van der Waals surface area contributed by atoms with E-state index in [0.717, 1.165) is 5.56 Å². The molecule has 6 heteroatoms. The van der Waals surface area contributed by atoms with Gasteiger partial charge in [0.05, 0.1) is 27.8 Å². The van der Waals surface area contributed by atoms with Crippen molar-refractivity contribution < 1.29 is 28.8 Å². The predicted octanol–water partition coefficient (Wildman–Crippen LogP) is 3.12. The lowest BCUT2D eigenvalue weighted by Gasteiger charge is -2.27. The van der Waals surface area contributed by atoms with Gasteiger partial charge in [0.1, 0.15) is 28.9 Å². The van der Waals surface area contributed by atoms with Gasteiger partial charge in [-0.15, -0.1) is 0 Å². The molecule has 0 aliphatic carbocycles. The lowest BCUT2D eigenvalue weighted by atomic mass is 9.95. The Hall–Kier alpha value is -2.89. The molecule has 0 bridgehead atoms. The van der Waals surface area contributed by atoms with Gasteiger partial charge in [-0.1, -0.05) is 6.07 Å². The first-order chi connectivity index (χ1) is 11.6. The summed E-state index contributed by atoms with van der Waals surface area (Å²) < 4.78 is 21.6. The number of ether oxygens (including phenoxy) is 4. The van der Waals surface area contributed by atoms with E-state index in [0.29, 0.717) is 28.6 Å². The summed E-state index contributed by atoms with van der Waals surface area (Å²) in [6.45, 7) is 0. The van der Waals surface area contributed by atoms with Crippen LogP contribution in [0.4, 0.5) is 0 Å². The smallest absolute Gasteiger partial charge is 0.174 e. The van der Waals surface area contributed by atoms with Crippen LogP contribution in [0.25, 0.3) is 0 Å². The molecule has 0 fully saturated rings. The van der Waals surface area contributed by atoms with E-state index in [2.05, 4.69) is 0 Å². The molecule has 2 aromatic rings. The molecule has 1 aliphatic heterocycles. The highest BCUT2D eigenvalue weighted by Gasteiger charge is 2.31. The van der Waals surface area contributed by atoms with E-state index in [9.17, 15) is 9.90 Å². The molecule has 1 N–H and O–H groups in total. The standard InChI is InChI=1S/C18H18O6/c1-21-11-7-16(23-3)18-13(20)9-14(24-17(18)8-11)10-4-5-12(19)15(6-10)22-2/h4-8,14,19H,9H2,1-3H3. The first-order valence-corrected chi connectivity index (χ1v) is 7.40. The number of ketones is 1. The third-order valence-electron chi connectivity index (χ3n) is 3.99. The molecule has 0 saturated heterocycles. The maximum Gasteiger partial charge on any atom is 0.174 e. The zero-order chi connectivity index (χ0) is 17.3. The maximum atomic E-state index is 12.6. The van der Waals surface area contributed by atoms with E-state index in [-0.39, 0.29) is 18.0 Å². The van der Waals surface area contributed by atoms with E-state index in [4.69, 9.17) is 18.9 Å². The summed E-state index contributed by atoms with van der Waals surface area (Å²) in [4.78, 5) is 12.6. The fraction of sp³-hybridized carbons (Fsp3) is 0.278. The van der Waals surface area contributed by atoms with Gasteiger partial charge in [-0.3, -0.25) is 4.79 Å². The monoisotopic (exact) mass is 330 g/mol. The summed E-state index contributed by atoms with van der Waals surface area (Å²) in [5, 5.41) is 9.71. The zero-order valence-corrected chi connectivity index (χ0v) is 13.7. The summed E-state index contributed by atoms with van der Waals surface area (Å²) in [6, 6.07) is 8.21. The maximum absolute atomic E-state index is 12.6. The highest BCUT2D eigenvalue weighted by atomic mass is 16.5. The number of fused-ring (bicyclic) bond motifs is 1. The van der Waals surface area contributed by atoms with Gasteiger partial charge in [-0.25, -0.2) is 0 Å². The van der Waals surface area contributed by atoms with Crippen LogP contribution in [0.2, 0.25) is 0 Å². The van der Waals surface area contributed by atoms with Crippen LogP contribution in [0.15, 0.2) is 30.3 Å². The van der Waals surface area contributed by atoms with E-state index in [1.54, 1.807) is 24.3 Å². The first kappa shape index (κ1) is 16.0. The number of aromatic hydroxyl groups is 1. The van der Waals surface area contributed by atoms with Gasteiger partial charge in [0.25, 0.3) is 0 Å². The largest absolute Gasteiger partial charge is 0.504 e. The van der Waals surface area contributed by atoms with E-state index < -0.39 is 6.10 Å². The Bertz CT molecular complexity index is 783. The molecule has 0 radical (unpaired) electrons. The Labute approximate surface area is 139 Å². The topological polar surface area (TPSA) is 74.2 Å². The number of phenolic OH excluding ortho intramolecular Hbond substituents is 1. The number of methoxy groups -OCH3 is 3. The average molecular weight is 330 g/mol. The second kappa shape index (κ2) is 6.31. The Morgan fingerprint density at radius 3 is 2.46 bits per heavy atom. The van der Waals surface area contributed by atoms with Gasteiger partial charge in [0.15, 0.2) is 17.3 Å². The summed E-state index contributed by atoms with van der Waals surface area (Å²) in [6.07, 6.45) is -0.305. The molecule has 3 rings (SSSR count). The molecule has 24 heavy (non-hydrogen) atoms. The van der Waals surface area contributed by atoms with Crippen LogP contribution in [0, 0.1) is 0 Å². The van der Waals surface area contributed by atoms with Crippen molar-refractivity contribution in [3.05, 3.63) is 41.5 Å². The van der Waals surface area contributed by atoms with Gasteiger partial charge < -0.3 is 24.1 Å². The van der Waals surface area contributed by atoms with Gasteiger partial charge in [-0.05, 0) is 17.7 Å². The van der Waals surface area contributed by atoms with Crippen molar-refractivity contribution in [2.75, 3.05) is 21.3 Å². The zero-order valence-electron chi connectivity index (χ0n) is 13.7. The summed E-state index contributed by atoms with van der Waals surface area (Å²) in [5.74, 6) is 1.68. The van der Waals surface area contributed by atoms with Crippen molar-refractivity contribution in [3.63, 3.8) is 0 Å². The Balaban J connectivity index is 2.01. The number of hydrogen-bond acceptors (Lipinski definition) is 6. The van der Waals surface area contributed by atoms with Crippen molar-refractivity contribution in [1.29, 1.82) is 0 Å². The van der Waals surface area contributed by atoms with Crippen LogP contribution in [0.3, 0.4) is 0 Å². The van der Waals surface area contributed by atoms with Gasteiger partial charge in [0.2, 0.25) is 0 Å². The SMILES string of the molecule is COc1cc(OC)c2c(c1)OC(c1ccc(O)c(OC)c1)CC2=O. The number of rotatable bonds is 4. The molecule has 0 saturated carbocycles. The fourth-order valence-electron chi connectivity index (χ4n) is 2.76. The van der Waals surface area contributed by atoms with Crippen LogP contribution in [0.1, 0.15) is 28.4 Å². The Morgan fingerprint density at radius 2 is 1.79 bits per heavy atom. The summed E-state index contributed by atoms with van der Waals surface area (Å²) in [5.41, 5.74) is 1.16. The molecule has 0 spiro atoms. The second-order valence-corrected chi connectivity index (χ2v) is 5.37. The number of carbonyl (C=O) groups excluding carboxylic acids is 1. The Kier molecular flexibility index (Phi) is 4.20. The van der Waals surface area contributed by atoms with Gasteiger partial charge >= 0.3 is 0 Å². The molecule has 0 amide bonds. The molecule has 1 aliphatic rings. The minimum absolute atomic E-state index is 0.0344. The van der Waals surface area contributed by atoms with Crippen LogP contribution in [-0.2, 0) is 0 Å². The van der Waals surface area contributed by atoms with Crippen molar-refractivity contribution >= 4 is 5.78 Å². The first-order valence-electron chi connectivity index (χ1n) is 7.40. The lowest BCUT2D eigenvalue weighted by Crippen LogP contribution is -2.21. The predicted molar refractivity (Wildman–Crippen MR) is 86.5 cm³/mol. The molecule has 1 heterocycles. The van der Waals surface area contributed by atoms with Crippen molar-refractivity contribution in [2.24, 2.45) is 0 Å². The van der Waals surface area contributed by atoms with Crippen molar-refractivity contribution in [3.8, 4) is 28.7 Å². The van der Waals surface area contributed by atoms with Crippen LogP contribution in [0.5, 0.6) is 28.7 Å². The highest BCUT2D eigenvalue weighted by Crippen LogP contribution is 2.43. The van der Waals surface area contributed by atoms with Crippen LogP contribution in [-0.4, -0.2) is 32.2 Å². The molecule has 1 unspecified atom stereocenters. The van der Waals surface area contributed by atoms with E-state index >= 15 is 0 Å². The van der Waals surface area contributed by atoms with Crippen LogP contribution >= 0.6 is 0 Å².